The normalized spacial score (nSPS) is 31.9. The third-order valence-electron chi connectivity index (χ3n) is 1.87. The molecule has 1 saturated heterocycles. The topological polar surface area (TPSA) is 49.3 Å². The van der Waals surface area contributed by atoms with Crippen LogP contribution in [-0.4, -0.2) is 24.2 Å². The number of aliphatic hydroxyl groups is 1. The summed E-state index contributed by atoms with van der Waals surface area (Å²) in [5.41, 5.74) is 0. The summed E-state index contributed by atoms with van der Waals surface area (Å²) in [5, 5.41) is 11.4. The van der Waals surface area contributed by atoms with Gasteiger partial charge in [0.25, 0.3) is 0 Å². The van der Waals surface area contributed by atoms with E-state index in [1.807, 2.05) is 0 Å². The summed E-state index contributed by atoms with van der Waals surface area (Å²) in [6.45, 7) is 4.11. The van der Waals surface area contributed by atoms with Crippen molar-refractivity contribution in [2.24, 2.45) is 11.8 Å². The Morgan fingerprint density at radius 2 is 2.60 bits per heavy atom. The van der Waals surface area contributed by atoms with Gasteiger partial charge in [0.2, 0.25) is 5.91 Å². The van der Waals surface area contributed by atoms with E-state index in [0.29, 0.717) is 6.54 Å². The van der Waals surface area contributed by atoms with Crippen LogP contribution >= 0.6 is 0 Å². The second-order valence-electron chi connectivity index (χ2n) is 2.43. The van der Waals surface area contributed by atoms with E-state index in [1.165, 1.54) is 0 Å². The van der Waals surface area contributed by atoms with Crippen molar-refractivity contribution in [2.75, 3.05) is 13.2 Å². The van der Waals surface area contributed by atoms with Gasteiger partial charge in [0.05, 0.1) is 12.5 Å². The maximum Gasteiger partial charge on any atom is 0.226 e. The van der Waals surface area contributed by atoms with Crippen LogP contribution in [0.1, 0.15) is 0 Å². The number of carbonyl (C=O) groups excluding carboxylic acids is 1. The molecule has 0 spiro atoms. The summed E-state index contributed by atoms with van der Waals surface area (Å²) in [4.78, 5) is 10.9. The van der Waals surface area contributed by atoms with E-state index in [9.17, 15) is 4.79 Å². The van der Waals surface area contributed by atoms with E-state index in [1.54, 1.807) is 6.08 Å². The fourth-order valence-corrected chi connectivity index (χ4v) is 1.15. The average molecular weight is 141 g/mol. The molecule has 1 aliphatic rings. The van der Waals surface area contributed by atoms with Crippen LogP contribution in [0.15, 0.2) is 12.7 Å². The zero-order valence-electron chi connectivity index (χ0n) is 5.71. The molecule has 0 saturated carbocycles. The fourth-order valence-electron chi connectivity index (χ4n) is 1.15. The molecule has 3 heteroatoms. The van der Waals surface area contributed by atoms with Crippen molar-refractivity contribution < 1.29 is 9.90 Å². The van der Waals surface area contributed by atoms with Crippen molar-refractivity contribution in [1.82, 2.24) is 5.32 Å². The Labute approximate surface area is 59.7 Å². The Morgan fingerprint density at radius 3 is 3.00 bits per heavy atom. The monoisotopic (exact) mass is 141 g/mol. The highest BCUT2D eigenvalue weighted by atomic mass is 16.3. The summed E-state index contributed by atoms with van der Waals surface area (Å²) >= 11 is 0. The van der Waals surface area contributed by atoms with Gasteiger partial charge < -0.3 is 10.4 Å². The van der Waals surface area contributed by atoms with Crippen molar-refractivity contribution in [1.29, 1.82) is 0 Å². The summed E-state index contributed by atoms with van der Waals surface area (Å²) in [7, 11) is 0. The molecule has 0 aliphatic carbocycles. The first-order valence-electron chi connectivity index (χ1n) is 3.30. The van der Waals surface area contributed by atoms with E-state index in [-0.39, 0.29) is 24.3 Å². The summed E-state index contributed by atoms with van der Waals surface area (Å²) in [6.07, 6.45) is 1.71. The molecule has 3 nitrogen and oxygen atoms in total. The molecule has 1 rings (SSSR count). The Bertz CT molecular complexity index is 156. The molecule has 1 amide bonds. The van der Waals surface area contributed by atoms with E-state index in [0.717, 1.165) is 0 Å². The number of amides is 1. The Hall–Kier alpha value is -0.830. The van der Waals surface area contributed by atoms with Gasteiger partial charge in [-0.2, -0.15) is 0 Å². The summed E-state index contributed by atoms with van der Waals surface area (Å²) < 4.78 is 0. The highest BCUT2D eigenvalue weighted by Crippen LogP contribution is 2.17. The minimum Gasteiger partial charge on any atom is -0.396 e. The lowest BCUT2D eigenvalue weighted by Crippen LogP contribution is -2.22. The zero-order valence-corrected chi connectivity index (χ0v) is 5.71. The number of hydrogen-bond acceptors (Lipinski definition) is 2. The van der Waals surface area contributed by atoms with Crippen LogP contribution in [0.4, 0.5) is 0 Å². The molecule has 56 valence electrons. The number of hydrogen-bond donors (Lipinski definition) is 2. The van der Waals surface area contributed by atoms with E-state index >= 15 is 0 Å². The van der Waals surface area contributed by atoms with Crippen LogP contribution in [0.2, 0.25) is 0 Å². The number of aliphatic hydroxyl groups excluding tert-OH is 1. The first kappa shape index (κ1) is 7.28. The van der Waals surface area contributed by atoms with Crippen LogP contribution in [-0.2, 0) is 4.79 Å². The van der Waals surface area contributed by atoms with Crippen molar-refractivity contribution in [3.63, 3.8) is 0 Å². The van der Waals surface area contributed by atoms with E-state index in [2.05, 4.69) is 11.9 Å². The Balaban J connectivity index is 2.62. The number of rotatable bonds is 2. The van der Waals surface area contributed by atoms with Crippen LogP contribution < -0.4 is 5.32 Å². The van der Waals surface area contributed by atoms with Gasteiger partial charge >= 0.3 is 0 Å². The quantitative estimate of drug-likeness (QED) is 0.511. The molecule has 0 aromatic carbocycles. The maximum absolute atomic E-state index is 10.9. The largest absolute Gasteiger partial charge is 0.396 e. The third-order valence-corrected chi connectivity index (χ3v) is 1.87. The lowest BCUT2D eigenvalue weighted by Gasteiger charge is -2.07. The second kappa shape index (κ2) is 2.84. The van der Waals surface area contributed by atoms with Crippen LogP contribution in [0, 0.1) is 11.8 Å². The van der Waals surface area contributed by atoms with Gasteiger partial charge in [0, 0.05) is 12.5 Å². The van der Waals surface area contributed by atoms with Crippen LogP contribution in [0.5, 0.6) is 0 Å². The molecular formula is C7H11NO2. The molecule has 2 unspecified atom stereocenters. The molecule has 1 fully saturated rings. The summed E-state index contributed by atoms with van der Waals surface area (Å²) in [5.74, 6) is -0.220. The highest BCUT2D eigenvalue weighted by Gasteiger charge is 2.31. The minimum absolute atomic E-state index is 0.0626. The highest BCUT2D eigenvalue weighted by molar-refractivity contribution is 5.81. The van der Waals surface area contributed by atoms with Gasteiger partial charge in [-0.1, -0.05) is 6.08 Å². The molecule has 0 bridgehead atoms. The number of nitrogens with one attached hydrogen (secondary N) is 1. The molecule has 0 aromatic rings. The first-order valence-corrected chi connectivity index (χ1v) is 3.30. The molecule has 1 aliphatic heterocycles. The maximum atomic E-state index is 10.9. The molecule has 10 heavy (non-hydrogen) atoms. The predicted octanol–water partition coefficient (Wildman–Crippen LogP) is -0.473. The van der Waals surface area contributed by atoms with E-state index < -0.39 is 0 Å². The van der Waals surface area contributed by atoms with Gasteiger partial charge in [-0.3, -0.25) is 4.79 Å². The molecule has 2 atom stereocenters. The van der Waals surface area contributed by atoms with Gasteiger partial charge in [0.1, 0.15) is 0 Å². The molecule has 1 heterocycles. The van der Waals surface area contributed by atoms with Gasteiger partial charge in [-0.25, -0.2) is 0 Å². The number of carbonyl (C=O) groups is 1. The van der Waals surface area contributed by atoms with Gasteiger partial charge in [-0.05, 0) is 0 Å². The minimum atomic E-state index is -0.266. The predicted molar refractivity (Wildman–Crippen MR) is 37.3 cm³/mol. The van der Waals surface area contributed by atoms with E-state index in [4.69, 9.17) is 5.11 Å². The lowest BCUT2D eigenvalue weighted by atomic mass is 9.97. The van der Waals surface area contributed by atoms with Crippen LogP contribution in [0.3, 0.4) is 0 Å². The van der Waals surface area contributed by atoms with Crippen molar-refractivity contribution in [3.8, 4) is 0 Å². The van der Waals surface area contributed by atoms with Gasteiger partial charge in [-0.15, -0.1) is 6.58 Å². The van der Waals surface area contributed by atoms with Gasteiger partial charge in [0.15, 0.2) is 0 Å². The SMILES string of the molecule is C=CC1CNC(=O)C1CO. The zero-order chi connectivity index (χ0) is 7.56. The Morgan fingerprint density at radius 1 is 1.90 bits per heavy atom. The lowest BCUT2D eigenvalue weighted by molar-refractivity contribution is -0.123. The second-order valence-corrected chi connectivity index (χ2v) is 2.43. The van der Waals surface area contributed by atoms with Crippen molar-refractivity contribution in [3.05, 3.63) is 12.7 Å². The smallest absolute Gasteiger partial charge is 0.226 e. The third kappa shape index (κ3) is 1.04. The molecule has 0 radical (unpaired) electrons. The molecule has 2 N–H and O–H groups in total. The fraction of sp³-hybridized carbons (Fsp3) is 0.571. The first-order chi connectivity index (χ1) is 4.79. The van der Waals surface area contributed by atoms with Crippen LogP contribution in [0.25, 0.3) is 0 Å². The Kier molecular flexibility index (Phi) is 2.06. The standard InChI is InChI=1S/C7H11NO2/c1-2-5-3-8-7(10)6(5)4-9/h2,5-6,9H,1,3-4H2,(H,8,10). The summed E-state index contributed by atoms with van der Waals surface area (Å²) in [6, 6.07) is 0. The molecular weight excluding hydrogens is 130 g/mol. The average Bonchev–Trinajstić information content (AvgIpc) is 2.30. The van der Waals surface area contributed by atoms with Crippen molar-refractivity contribution >= 4 is 5.91 Å². The molecule has 0 aromatic heterocycles. The van der Waals surface area contributed by atoms with Crippen molar-refractivity contribution in [2.45, 2.75) is 0 Å².